The molecule has 4 fully saturated rings. The zero-order valence-electron chi connectivity index (χ0n) is 13.2. The summed E-state index contributed by atoms with van der Waals surface area (Å²) in [5.74, 6) is 1.99. The van der Waals surface area contributed by atoms with E-state index in [1.165, 1.54) is 77.3 Å². The first-order valence-electron chi connectivity index (χ1n) is 9.27. The number of nitrogens with one attached hydrogen (secondary N) is 1. The van der Waals surface area contributed by atoms with Crippen molar-refractivity contribution in [2.45, 2.75) is 88.8 Å². The second kappa shape index (κ2) is 5.28. The largest absolute Gasteiger partial charge is 0.308 e. The van der Waals surface area contributed by atoms with Crippen molar-refractivity contribution >= 4 is 0 Å². The van der Waals surface area contributed by atoms with E-state index in [4.69, 9.17) is 0 Å². The summed E-state index contributed by atoms with van der Waals surface area (Å²) in [6, 6.07) is 1.77. The summed E-state index contributed by atoms with van der Waals surface area (Å²) >= 11 is 0. The Morgan fingerprint density at radius 1 is 0.900 bits per heavy atom. The summed E-state index contributed by atoms with van der Waals surface area (Å²) in [4.78, 5) is 3.00. The van der Waals surface area contributed by atoms with Gasteiger partial charge >= 0.3 is 0 Å². The minimum atomic E-state index is 0.428. The molecule has 2 heteroatoms. The van der Waals surface area contributed by atoms with Gasteiger partial charge in [-0.1, -0.05) is 25.7 Å². The Hall–Kier alpha value is -0.0800. The molecule has 0 aromatic carbocycles. The van der Waals surface area contributed by atoms with Crippen LogP contribution < -0.4 is 5.32 Å². The van der Waals surface area contributed by atoms with Crippen LogP contribution in [0.15, 0.2) is 0 Å². The Kier molecular flexibility index (Phi) is 3.58. The molecule has 0 bridgehead atoms. The molecule has 0 aromatic rings. The number of hydrogen-bond acceptors (Lipinski definition) is 2. The van der Waals surface area contributed by atoms with E-state index < -0.39 is 0 Å². The minimum absolute atomic E-state index is 0.428. The molecule has 3 saturated carbocycles. The molecule has 114 valence electrons. The number of hydrogen-bond donors (Lipinski definition) is 1. The lowest BCUT2D eigenvalue weighted by Crippen LogP contribution is -2.66. The van der Waals surface area contributed by atoms with E-state index in [0.29, 0.717) is 5.54 Å². The van der Waals surface area contributed by atoms with Gasteiger partial charge in [0.05, 0.1) is 0 Å². The van der Waals surface area contributed by atoms with Crippen LogP contribution in [-0.4, -0.2) is 35.6 Å². The van der Waals surface area contributed by atoms with Gasteiger partial charge in [-0.05, 0) is 57.3 Å². The fraction of sp³-hybridized carbons (Fsp3) is 1.00. The van der Waals surface area contributed by atoms with Crippen LogP contribution in [0.5, 0.6) is 0 Å². The van der Waals surface area contributed by atoms with Crippen molar-refractivity contribution in [1.82, 2.24) is 10.2 Å². The third-order valence-corrected chi connectivity index (χ3v) is 6.59. The van der Waals surface area contributed by atoms with Crippen molar-refractivity contribution in [3.8, 4) is 0 Å². The van der Waals surface area contributed by atoms with E-state index >= 15 is 0 Å². The lowest BCUT2D eigenvalue weighted by Gasteiger charge is -2.50. The number of rotatable bonds is 3. The van der Waals surface area contributed by atoms with Crippen molar-refractivity contribution in [3.63, 3.8) is 0 Å². The molecule has 2 unspecified atom stereocenters. The second-order valence-electron chi connectivity index (χ2n) is 8.30. The van der Waals surface area contributed by atoms with Crippen LogP contribution in [0.3, 0.4) is 0 Å². The Balaban J connectivity index is 1.50. The molecule has 2 atom stereocenters. The first-order valence-corrected chi connectivity index (χ1v) is 9.27. The fourth-order valence-electron chi connectivity index (χ4n) is 4.91. The van der Waals surface area contributed by atoms with Crippen LogP contribution >= 0.6 is 0 Å². The Bertz CT molecular complexity index is 339. The third kappa shape index (κ3) is 2.66. The fourth-order valence-corrected chi connectivity index (χ4v) is 4.91. The monoisotopic (exact) mass is 276 g/mol. The topological polar surface area (TPSA) is 15.3 Å². The minimum Gasteiger partial charge on any atom is -0.308 e. The molecule has 1 N–H and O–H groups in total. The predicted octanol–water partition coefficient (Wildman–Crippen LogP) is 3.56. The molecule has 0 radical (unpaired) electrons. The van der Waals surface area contributed by atoms with E-state index in [1.807, 2.05) is 0 Å². The third-order valence-electron chi connectivity index (χ3n) is 6.59. The van der Waals surface area contributed by atoms with Crippen molar-refractivity contribution in [3.05, 3.63) is 0 Å². The zero-order valence-corrected chi connectivity index (χ0v) is 13.2. The van der Waals surface area contributed by atoms with Crippen LogP contribution in [0, 0.1) is 11.8 Å². The maximum atomic E-state index is 3.97. The van der Waals surface area contributed by atoms with Gasteiger partial charge in [-0.3, -0.25) is 4.90 Å². The maximum absolute atomic E-state index is 3.97. The van der Waals surface area contributed by atoms with Crippen LogP contribution in [0.25, 0.3) is 0 Å². The molecule has 3 aliphatic carbocycles. The summed E-state index contributed by atoms with van der Waals surface area (Å²) < 4.78 is 0. The molecule has 0 spiro atoms. The summed E-state index contributed by atoms with van der Waals surface area (Å²) in [7, 11) is 0. The lowest BCUT2D eigenvalue weighted by molar-refractivity contribution is 0.0231. The molecule has 0 aromatic heterocycles. The molecule has 4 aliphatic rings. The standard InChI is InChI=1S/C18H32N2/c1-18(15-10-11-15)13-20(16-6-4-2-3-5-7-16)17(12-19-18)14-8-9-14/h14-17,19H,2-13H2,1H3. The number of nitrogens with zero attached hydrogens (tertiary/aromatic N) is 1. The van der Waals surface area contributed by atoms with Crippen molar-refractivity contribution in [1.29, 1.82) is 0 Å². The Morgan fingerprint density at radius 3 is 2.20 bits per heavy atom. The SMILES string of the molecule is CC1(C2CC2)CN(C2CCCCCC2)C(C2CC2)CN1. The molecule has 1 heterocycles. The van der Waals surface area contributed by atoms with Gasteiger partial charge in [-0.15, -0.1) is 0 Å². The van der Waals surface area contributed by atoms with Gasteiger partial charge in [0.15, 0.2) is 0 Å². The maximum Gasteiger partial charge on any atom is 0.0309 e. The molecule has 0 amide bonds. The molecule has 1 saturated heterocycles. The van der Waals surface area contributed by atoms with Crippen molar-refractivity contribution < 1.29 is 0 Å². The smallest absolute Gasteiger partial charge is 0.0309 e. The van der Waals surface area contributed by atoms with E-state index in [9.17, 15) is 0 Å². The van der Waals surface area contributed by atoms with Gasteiger partial charge < -0.3 is 5.32 Å². The van der Waals surface area contributed by atoms with Gasteiger partial charge in [-0.2, -0.15) is 0 Å². The van der Waals surface area contributed by atoms with Gasteiger partial charge in [-0.25, -0.2) is 0 Å². The molecule has 4 rings (SSSR count). The van der Waals surface area contributed by atoms with Gasteiger partial charge in [0, 0.05) is 30.7 Å². The van der Waals surface area contributed by atoms with E-state index in [-0.39, 0.29) is 0 Å². The van der Waals surface area contributed by atoms with Crippen LogP contribution in [0.1, 0.15) is 71.1 Å². The molecule has 2 nitrogen and oxygen atoms in total. The number of piperazine rings is 1. The molecular formula is C18H32N2. The summed E-state index contributed by atoms with van der Waals surface area (Å²) in [5.41, 5.74) is 0.428. The summed E-state index contributed by atoms with van der Waals surface area (Å²) in [5, 5.41) is 3.97. The summed E-state index contributed by atoms with van der Waals surface area (Å²) in [6.07, 6.45) is 14.8. The predicted molar refractivity (Wildman–Crippen MR) is 83.8 cm³/mol. The van der Waals surface area contributed by atoms with Gasteiger partial charge in [0.25, 0.3) is 0 Å². The van der Waals surface area contributed by atoms with Crippen LogP contribution in [0.4, 0.5) is 0 Å². The van der Waals surface area contributed by atoms with Crippen LogP contribution in [0.2, 0.25) is 0 Å². The highest BCUT2D eigenvalue weighted by molar-refractivity contribution is 5.07. The lowest BCUT2D eigenvalue weighted by atomic mass is 9.87. The molecule has 1 aliphatic heterocycles. The summed E-state index contributed by atoms with van der Waals surface area (Å²) in [6.45, 7) is 5.12. The molecular weight excluding hydrogens is 244 g/mol. The zero-order chi connectivity index (χ0) is 13.6. The molecule has 20 heavy (non-hydrogen) atoms. The van der Waals surface area contributed by atoms with Gasteiger partial charge in [0.1, 0.15) is 0 Å². The average molecular weight is 276 g/mol. The highest BCUT2D eigenvalue weighted by Gasteiger charge is 2.49. The first-order chi connectivity index (χ1) is 9.76. The Morgan fingerprint density at radius 2 is 1.60 bits per heavy atom. The van der Waals surface area contributed by atoms with E-state index in [0.717, 1.165) is 23.9 Å². The highest BCUT2D eigenvalue weighted by Crippen LogP contribution is 2.45. The first kappa shape index (κ1) is 13.6. The van der Waals surface area contributed by atoms with E-state index in [1.54, 1.807) is 0 Å². The van der Waals surface area contributed by atoms with Crippen molar-refractivity contribution in [2.24, 2.45) is 11.8 Å². The Labute approximate surface area is 124 Å². The average Bonchev–Trinajstić information content (AvgIpc) is 3.35. The van der Waals surface area contributed by atoms with E-state index in [2.05, 4.69) is 17.1 Å². The van der Waals surface area contributed by atoms with Crippen LogP contribution in [-0.2, 0) is 0 Å². The quantitative estimate of drug-likeness (QED) is 0.793. The van der Waals surface area contributed by atoms with Gasteiger partial charge in [0.2, 0.25) is 0 Å². The van der Waals surface area contributed by atoms with Crippen molar-refractivity contribution in [2.75, 3.05) is 13.1 Å². The second-order valence-corrected chi connectivity index (χ2v) is 8.30. The highest BCUT2D eigenvalue weighted by atomic mass is 15.3. The normalized spacial score (nSPS) is 41.5.